The number of ether oxygens (including phenoxy) is 2. The quantitative estimate of drug-likeness (QED) is 0.667. The van der Waals surface area contributed by atoms with Crippen LogP contribution in [0.15, 0.2) is 12.2 Å². The van der Waals surface area contributed by atoms with Crippen LogP contribution in [0, 0.1) is 0 Å². The van der Waals surface area contributed by atoms with Gasteiger partial charge in [0.25, 0.3) is 0 Å². The second kappa shape index (κ2) is 11.1. The highest BCUT2D eigenvalue weighted by atomic mass is 16.6. The molecule has 6 heteroatoms. The Kier molecular flexibility index (Phi) is 13.0. The Bertz CT molecular complexity index is 269. The maximum Gasteiger partial charge on any atom is 0.405 e. The first-order valence-electron chi connectivity index (χ1n) is 6.29. The summed E-state index contributed by atoms with van der Waals surface area (Å²) in [6, 6.07) is 0. The van der Waals surface area contributed by atoms with Crippen molar-refractivity contribution < 1.29 is 19.1 Å². The Hall–Kier alpha value is -1.72. The lowest BCUT2D eigenvalue weighted by Crippen LogP contribution is -2.27. The first-order valence-corrected chi connectivity index (χ1v) is 6.29. The molecule has 0 unspecified atom stereocenters. The normalized spacial score (nSPS) is 10.6. The van der Waals surface area contributed by atoms with Crippen LogP contribution < -0.4 is 11.5 Å². The molecule has 0 rings (SSSR count). The first kappa shape index (κ1) is 23.4. The average Bonchev–Trinajstić information content (AvgIpc) is 2.10. The highest BCUT2D eigenvalue weighted by Crippen LogP contribution is 2.05. The lowest BCUT2D eigenvalue weighted by atomic mass is 10.2. The number of rotatable bonds is 0. The Morgan fingerprint density at radius 3 is 0.950 bits per heavy atom. The van der Waals surface area contributed by atoms with E-state index in [2.05, 4.69) is 9.47 Å². The molecular weight excluding hydrogens is 260 g/mol. The molecule has 0 fully saturated rings. The zero-order chi connectivity index (χ0) is 17.0. The van der Waals surface area contributed by atoms with Gasteiger partial charge >= 0.3 is 12.2 Å². The summed E-state index contributed by atoms with van der Waals surface area (Å²) in [6.45, 7) is 14.6. The SMILES string of the molecule is CC(C)(C)OC(N)=O.CC(C)(C)OC(N)=O.CC=CC. The van der Waals surface area contributed by atoms with Crippen LogP contribution in [-0.4, -0.2) is 23.4 Å². The molecule has 0 radical (unpaired) electrons. The van der Waals surface area contributed by atoms with Crippen LogP contribution in [0.1, 0.15) is 55.4 Å². The van der Waals surface area contributed by atoms with Gasteiger partial charge in [0.1, 0.15) is 11.2 Å². The summed E-state index contributed by atoms with van der Waals surface area (Å²) in [7, 11) is 0. The van der Waals surface area contributed by atoms with Gasteiger partial charge in [-0.3, -0.25) is 0 Å². The molecular formula is C14H30N2O4. The number of primary amides is 2. The molecule has 0 saturated carbocycles. The number of nitrogens with two attached hydrogens (primary N) is 2. The van der Waals surface area contributed by atoms with E-state index in [-0.39, 0.29) is 0 Å². The summed E-state index contributed by atoms with van der Waals surface area (Å²) >= 11 is 0. The molecule has 2 amide bonds. The maximum atomic E-state index is 10.0. The second-order valence-electron chi connectivity index (χ2n) is 5.73. The van der Waals surface area contributed by atoms with Gasteiger partial charge < -0.3 is 20.9 Å². The summed E-state index contributed by atoms with van der Waals surface area (Å²) in [4.78, 5) is 20.0. The highest BCUT2D eigenvalue weighted by Gasteiger charge is 2.13. The average molecular weight is 290 g/mol. The minimum Gasteiger partial charge on any atom is -0.444 e. The highest BCUT2D eigenvalue weighted by molar-refractivity contribution is 5.65. The predicted octanol–water partition coefficient (Wildman–Crippen LogP) is 3.34. The minimum atomic E-state index is -0.725. The van der Waals surface area contributed by atoms with Crippen molar-refractivity contribution in [3.05, 3.63) is 12.2 Å². The predicted molar refractivity (Wildman–Crippen MR) is 81.3 cm³/mol. The van der Waals surface area contributed by atoms with E-state index in [0.29, 0.717) is 0 Å². The van der Waals surface area contributed by atoms with Crippen molar-refractivity contribution in [3.8, 4) is 0 Å². The zero-order valence-corrected chi connectivity index (χ0v) is 13.9. The van der Waals surface area contributed by atoms with Gasteiger partial charge in [0.05, 0.1) is 0 Å². The molecule has 0 spiro atoms. The van der Waals surface area contributed by atoms with E-state index in [1.807, 2.05) is 26.0 Å². The summed E-state index contributed by atoms with van der Waals surface area (Å²) in [6.07, 6.45) is 2.55. The fourth-order valence-electron chi connectivity index (χ4n) is 0.604. The molecule has 6 nitrogen and oxygen atoms in total. The van der Waals surface area contributed by atoms with E-state index in [0.717, 1.165) is 0 Å². The van der Waals surface area contributed by atoms with Crippen LogP contribution in [0.25, 0.3) is 0 Å². The van der Waals surface area contributed by atoms with Crippen molar-refractivity contribution in [1.29, 1.82) is 0 Å². The molecule has 0 aliphatic heterocycles. The number of hydrogen-bond donors (Lipinski definition) is 2. The topological polar surface area (TPSA) is 105 Å². The van der Waals surface area contributed by atoms with Crippen molar-refractivity contribution in [2.45, 2.75) is 66.6 Å². The van der Waals surface area contributed by atoms with E-state index < -0.39 is 23.4 Å². The maximum absolute atomic E-state index is 10.0. The molecule has 0 aromatic carbocycles. The largest absolute Gasteiger partial charge is 0.444 e. The van der Waals surface area contributed by atoms with E-state index >= 15 is 0 Å². The summed E-state index contributed by atoms with van der Waals surface area (Å²) in [5, 5.41) is 0. The zero-order valence-electron chi connectivity index (χ0n) is 13.9. The van der Waals surface area contributed by atoms with Crippen LogP contribution >= 0.6 is 0 Å². The van der Waals surface area contributed by atoms with Crippen LogP contribution in [0.4, 0.5) is 9.59 Å². The fourth-order valence-corrected chi connectivity index (χ4v) is 0.604. The standard InChI is InChI=1S/2C5H11NO2.C4H8/c2*1-5(2,3)8-4(6)7;1-3-4-2/h2*1-3H3,(H2,6,7);3-4H,1-2H3. The molecule has 0 aromatic rings. The van der Waals surface area contributed by atoms with Crippen molar-refractivity contribution in [2.75, 3.05) is 0 Å². The smallest absolute Gasteiger partial charge is 0.405 e. The van der Waals surface area contributed by atoms with Crippen LogP contribution in [0.2, 0.25) is 0 Å². The summed E-state index contributed by atoms with van der Waals surface area (Å²) in [5.41, 5.74) is 8.53. The molecule has 4 N–H and O–H groups in total. The molecule has 0 saturated heterocycles. The van der Waals surface area contributed by atoms with Crippen LogP contribution in [-0.2, 0) is 9.47 Å². The van der Waals surface area contributed by atoms with Crippen LogP contribution in [0.5, 0.6) is 0 Å². The van der Waals surface area contributed by atoms with E-state index in [9.17, 15) is 9.59 Å². The van der Waals surface area contributed by atoms with Gasteiger partial charge in [0, 0.05) is 0 Å². The third-order valence-corrected chi connectivity index (χ3v) is 1.15. The van der Waals surface area contributed by atoms with Crippen LogP contribution in [0.3, 0.4) is 0 Å². The van der Waals surface area contributed by atoms with Crippen molar-refractivity contribution >= 4 is 12.2 Å². The van der Waals surface area contributed by atoms with E-state index in [1.165, 1.54) is 0 Å². The summed E-state index contributed by atoms with van der Waals surface area (Å²) in [5.74, 6) is 0. The van der Waals surface area contributed by atoms with Gasteiger partial charge in [-0.2, -0.15) is 0 Å². The molecule has 0 aliphatic carbocycles. The van der Waals surface area contributed by atoms with Gasteiger partial charge in [-0.05, 0) is 55.4 Å². The number of carbonyl (C=O) groups excluding carboxylic acids is 2. The summed E-state index contributed by atoms with van der Waals surface area (Å²) < 4.78 is 9.15. The van der Waals surface area contributed by atoms with Crippen molar-refractivity contribution in [1.82, 2.24) is 0 Å². The van der Waals surface area contributed by atoms with Gasteiger partial charge in [-0.25, -0.2) is 9.59 Å². The van der Waals surface area contributed by atoms with Gasteiger partial charge in [-0.1, -0.05) is 12.2 Å². The Morgan fingerprint density at radius 1 is 0.750 bits per heavy atom. The molecule has 20 heavy (non-hydrogen) atoms. The lowest BCUT2D eigenvalue weighted by Gasteiger charge is -2.16. The number of carbonyl (C=O) groups is 2. The molecule has 120 valence electrons. The third kappa shape index (κ3) is 44.1. The molecule has 0 atom stereocenters. The number of hydrogen-bond acceptors (Lipinski definition) is 4. The minimum absolute atomic E-state index is 0.453. The number of allylic oxidation sites excluding steroid dienone is 2. The van der Waals surface area contributed by atoms with Crippen molar-refractivity contribution in [2.24, 2.45) is 11.5 Å². The fraction of sp³-hybridized carbons (Fsp3) is 0.714. The Morgan fingerprint density at radius 2 is 0.950 bits per heavy atom. The Balaban J connectivity index is -0.000000230. The second-order valence-corrected chi connectivity index (χ2v) is 5.73. The first-order chi connectivity index (χ1) is 8.75. The van der Waals surface area contributed by atoms with Crippen molar-refractivity contribution in [3.63, 3.8) is 0 Å². The third-order valence-electron chi connectivity index (χ3n) is 1.15. The number of amides is 2. The molecule has 0 aliphatic rings. The lowest BCUT2D eigenvalue weighted by molar-refractivity contribution is 0.0588. The molecule has 0 heterocycles. The van der Waals surface area contributed by atoms with E-state index in [4.69, 9.17) is 11.5 Å². The molecule has 0 bridgehead atoms. The Labute approximate surface area is 122 Å². The van der Waals surface area contributed by atoms with Gasteiger partial charge in [0.2, 0.25) is 0 Å². The van der Waals surface area contributed by atoms with Gasteiger partial charge in [-0.15, -0.1) is 0 Å². The molecule has 0 aromatic heterocycles. The van der Waals surface area contributed by atoms with Gasteiger partial charge in [0.15, 0.2) is 0 Å². The van der Waals surface area contributed by atoms with E-state index in [1.54, 1.807) is 41.5 Å². The monoisotopic (exact) mass is 290 g/mol.